The summed E-state index contributed by atoms with van der Waals surface area (Å²) in [5, 5.41) is 11.4. The van der Waals surface area contributed by atoms with E-state index in [1.165, 1.54) is 11.1 Å². The molecule has 1 nitrogen and oxygen atoms in total. The third-order valence-electron chi connectivity index (χ3n) is 3.58. The number of aliphatic hydroxyl groups is 1. The molecule has 0 saturated carbocycles. The molecule has 2 heteroatoms. The number of fused-ring (bicyclic) bond motifs is 1. The van der Waals surface area contributed by atoms with Gasteiger partial charge in [0.25, 0.3) is 0 Å². The second kappa shape index (κ2) is 4.42. The van der Waals surface area contributed by atoms with E-state index in [0.29, 0.717) is 6.42 Å². The van der Waals surface area contributed by atoms with Crippen molar-refractivity contribution in [3.8, 4) is 0 Å². The molecule has 0 spiro atoms. The summed E-state index contributed by atoms with van der Waals surface area (Å²) in [6.07, 6.45) is 2.12. The topological polar surface area (TPSA) is 20.2 Å². The molecule has 0 unspecified atom stereocenters. The van der Waals surface area contributed by atoms with Crippen LogP contribution in [-0.4, -0.2) is 10.7 Å². The maximum absolute atomic E-state index is 10.7. The molecule has 0 atom stereocenters. The first kappa shape index (κ1) is 11.8. The average molecular weight is 259 g/mol. The minimum absolute atomic E-state index is 0.655. The molecule has 2 aromatic rings. The molecule has 3 rings (SSSR count). The lowest BCUT2D eigenvalue weighted by Gasteiger charge is -2.22. The van der Waals surface area contributed by atoms with Crippen LogP contribution in [0.1, 0.15) is 16.7 Å². The average Bonchev–Trinajstić information content (AvgIpc) is 2.64. The summed E-state index contributed by atoms with van der Waals surface area (Å²) in [5.74, 6) is 0. The Bertz CT molecular complexity index is 552. The molecule has 92 valence electrons. The van der Waals surface area contributed by atoms with E-state index in [9.17, 15) is 5.11 Å². The van der Waals surface area contributed by atoms with Gasteiger partial charge in [-0.25, -0.2) is 0 Å². The van der Waals surface area contributed by atoms with Crippen LogP contribution in [0.3, 0.4) is 0 Å². The van der Waals surface area contributed by atoms with E-state index in [2.05, 4.69) is 12.1 Å². The SMILES string of the molecule is OC1(Cc2cccc(Cl)c2)Cc2ccccc2C1. The van der Waals surface area contributed by atoms with Gasteiger partial charge in [-0.15, -0.1) is 0 Å². The highest BCUT2D eigenvalue weighted by Gasteiger charge is 2.34. The van der Waals surface area contributed by atoms with Crippen LogP contribution in [0, 0.1) is 0 Å². The Labute approximate surface area is 112 Å². The molecule has 0 amide bonds. The second-order valence-electron chi connectivity index (χ2n) is 5.15. The van der Waals surface area contributed by atoms with Crippen LogP contribution in [0.25, 0.3) is 0 Å². The monoisotopic (exact) mass is 258 g/mol. The molecule has 0 fully saturated rings. The van der Waals surface area contributed by atoms with Gasteiger partial charge in [-0.05, 0) is 28.8 Å². The highest BCUT2D eigenvalue weighted by atomic mass is 35.5. The minimum atomic E-state index is -0.658. The fourth-order valence-corrected chi connectivity index (χ4v) is 3.04. The molecule has 2 aromatic carbocycles. The molecular formula is C16H15ClO. The number of hydrogen-bond donors (Lipinski definition) is 1. The Morgan fingerprint density at radius 1 is 1.00 bits per heavy atom. The third-order valence-corrected chi connectivity index (χ3v) is 3.81. The first-order valence-electron chi connectivity index (χ1n) is 6.18. The summed E-state index contributed by atoms with van der Waals surface area (Å²) in [5.41, 5.74) is 2.97. The molecule has 1 N–H and O–H groups in total. The fraction of sp³-hybridized carbons (Fsp3) is 0.250. The Hall–Kier alpha value is -1.31. The summed E-state index contributed by atoms with van der Waals surface area (Å²) in [4.78, 5) is 0. The van der Waals surface area contributed by atoms with Gasteiger partial charge in [-0.2, -0.15) is 0 Å². The van der Waals surface area contributed by atoms with Gasteiger partial charge in [-0.1, -0.05) is 48.0 Å². The highest BCUT2D eigenvalue weighted by molar-refractivity contribution is 6.30. The summed E-state index contributed by atoms with van der Waals surface area (Å²) >= 11 is 5.98. The molecule has 1 aliphatic rings. The normalized spacial score (nSPS) is 16.6. The summed E-state index contributed by atoms with van der Waals surface area (Å²) < 4.78 is 0. The van der Waals surface area contributed by atoms with E-state index >= 15 is 0 Å². The van der Waals surface area contributed by atoms with E-state index in [0.717, 1.165) is 23.4 Å². The molecule has 0 aromatic heterocycles. The van der Waals surface area contributed by atoms with Gasteiger partial charge in [0.1, 0.15) is 0 Å². The quantitative estimate of drug-likeness (QED) is 0.875. The number of rotatable bonds is 2. The van der Waals surface area contributed by atoms with Crippen molar-refractivity contribution in [3.63, 3.8) is 0 Å². The zero-order valence-corrected chi connectivity index (χ0v) is 10.8. The van der Waals surface area contributed by atoms with E-state index in [1.807, 2.05) is 36.4 Å². The summed E-state index contributed by atoms with van der Waals surface area (Å²) in [6, 6.07) is 16.0. The van der Waals surface area contributed by atoms with Gasteiger partial charge in [0.2, 0.25) is 0 Å². The number of halogens is 1. The van der Waals surface area contributed by atoms with Gasteiger partial charge >= 0.3 is 0 Å². The predicted molar refractivity (Wildman–Crippen MR) is 74.0 cm³/mol. The van der Waals surface area contributed by atoms with Crippen molar-refractivity contribution in [2.24, 2.45) is 0 Å². The second-order valence-corrected chi connectivity index (χ2v) is 5.59. The van der Waals surface area contributed by atoms with E-state index < -0.39 is 5.60 Å². The van der Waals surface area contributed by atoms with Crippen LogP contribution in [0.5, 0.6) is 0 Å². The van der Waals surface area contributed by atoms with Crippen molar-refractivity contribution in [3.05, 3.63) is 70.2 Å². The lowest BCUT2D eigenvalue weighted by molar-refractivity contribution is 0.0518. The predicted octanol–water partition coefficient (Wildman–Crippen LogP) is 3.41. The smallest absolute Gasteiger partial charge is 0.0768 e. The lowest BCUT2D eigenvalue weighted by atomic mass is 9.92. The van der Waals surface area contributed by atoms with Gasteiger partial charge in [-0.3, -0.25) is 0 Å². The largest absolute Gasteiger partial charge is 0.389 e. The zero-order valence-electron chi connectivity index (χ0n) is 10.1. The van der Waals surface area contributed by atoms with Crippen LogP contribution in [-0.2, 0) is 19.3 Å². The Kier molecular flexibility index (Phi) is 2.89. The molecule has 0 radical (unpaired) electrons. The van der Waals surface area contributed by atoms with Crippen LogP contribution >= 0.6 is 11.6 Å². The first-order chi connectivity index (χ1) is 8.65. The molecular weight excluding hydrogens is 244 g/mol. The van der Waals surface area contributed by atoms with Crippen molar-refractivity contribution < 1.29 is 5.11 Å². The molecule has 0 saturated heterocycles. The molecule has 0 bridgehead atoms. The van der Waals surface area contributed by atoms with Crippen molar-refractivity contribution >= 4 is 11.6 Å². The van der Waals surface area contributed by atoms with Crippen LogP contribution in [0.15, 0.2) is 48.5 Å². The van der Waals surface area contributed by atoms with E-state index in [-0.39, 0.29) is 0 Å². The molecule has 1 aliphatic carbocycles. The Morgan fingerprint density at radius 3 is 2.28 bits per heavy atom. The first-order valence-corrected chi connectivity index (χ1v) is 6.56. The van der Waals surface area contributed by atoms with Gasteiger partial charge < -0.3 is 5.11 Å². The Morgan fingerprint density at radius 2 is 1.67 bits per heavy atom. The van der Waals surface area contributed by atoms with E-state index in [4.69, 9.17) is 11.6 Å². The third kappa shape index (κ3) is 2.29. The standard InChI is InChI=1S/C16H15ClO/c17-15-7-3-4-12(8-15)9-16(18)10-13-5-1-2-6-14(13)11-16/h1-8,18H,9-11H2. The van der Waals surface area contributed by atoms with Gasteiger partial charge in [0.05, 0.1) is 5.60 Å². The van der Waals surface area contributed by atoms with Crippen molar-refractivity contribution in [2.75, 3.05) is 0 Å². The minimum Gasteiger partial charge on any atom is -0.389 e. The van der Waals surface area contributed by atoms with Gasteiger partial charge in [0, 0.05) is 24.3 Å². The highest BCUT2D eigenvalue weighted by Crippen LogP contribution is 2.32. The van der Waals surface area contributed by atoms with Crippen LogP contribution in [0.2, 0.25) is 5.02 Å². The van der Waals surface area contributed by atoms with Crippen LogP contribution in [0.4, 0.5) is 0 Å². The zero-order chi connectivity index (χ0) is 12.6. The number of benzene rings is 2. The summed E-state index contributed by atoms with van der Waals surface area (Å²) in [6.45, 7) is 0. The summed E-state index contributed by atoms with van der Waals surface area (Å²) in [7, 11) is 0. The fourth-order valence-electron chi connectivity index (χ4n) is 2.83. The van der Waals surface area contributed by atoms with Crippen molar-refractivity contribution in [2.45, 2.75) is 24.9 Å². The molecule has 0 heterocycles. The Balaban J connectivity index is 1.83. The molecule has 18 heavy (non-hydrogen) atoms. The van der Waals surface area contributed by atoms with Crippen LogP contribution < -0.4 is 0 Å². The van der Waals surface area contributed by atoms with Crippen molar-refractivity contribution in [1.29, 1.82) is 0 Å². The molecule has 0 aliphatic heterocycles. The number of hydrogen-bond acceptors (Lipinski definition) is 1. The maximum Gasteiger partial charge on any atom is 0.0768 e. The van der Waals surface area contributed by atoms with Crippen molar-refractivity contribution in [1.82, 2.24) is 0 Å². The van der Waals surface area contributed by atoms with E-state index in [1.54, 1.807) is 0 Å². The lowest BCUT2D eigenvalue weighted by Crippen LogP contribution is -2.32. The maximum atomic E-state index is 10.7. The van der Waals surface area contributed by atoms with Gasteiger partial charge in [0.15, 0.2) is 0 Å².